The zero-order chi connectivity index (χ0) is 21.2. The summed E-state index contributed by atoms with van der Waals surface area (Å²) in [4.78, 5) is 35.3. The standard InChI is InChI=1S/C19H18FN3O5S/c1-2-27-18(26)13-5-9-15(10-6-13)28-11-16(24)22-23-19(29)21-17(25)12-3-7-14(20)8-4-12/h3-10H,2,11H2,1H3,(H,22,24)(H2,21,23,25,29). The molecule has 0 aliphatic rings. The highest BCUT2D eigenvalue weighted by Gasteiger charge is 2.10. The smallest absolute Gasteiger partial charge is 0.338 e. The van der Waals surface area contributed by atoms with Gasteiger partial charge < -0.3 is 9.47 Å². The van der Waals surface area contributed by atoms with E-state index >= 15 is 0 Å². The van der Waals surface area contributed by atoms with Crippen molar-refractivity contribution >= 4 is 35.1 Å². The summed E-state index contributed by atoms with van der Waals surface area (Å²) in [6, 6.07) is 11.0. The first-order valence-electron chi connectivity index (χ1n) is 8.44. The highest BCUT2D eigenvalue weighted by Crippen LogP contribution is 2.12. The Bertz CT molecular complexity index is 888. The minimum Gasteiger partial charge on any atom is -0.484 e. The van der Waals surface area contributed by atoms with Crippen LogP contribution in [0, 0.1) is 5.82 Å². The average Bonchev–Trinajstić information content (AvgIpc) is 2.71. The van der Waals surface area contributed by atoms with Gasteiger partial charge in [0.15, 0.2) is 11.7 Å². The van der Waals surface area contributed by atoms with Gasteiger partial charge in [-0.3, -0.25) is 25.8 Å². The highest BCUT2D eigenvalue weighted by molar-refractivity contribution is 7.80. The zero-order valence-electron chi connectivity index (χ0n) is 15.4. The number of rotatable bonds is 6. The molecule has 0 heterocycles. The molecule has 2 rings (SSSR count). The fraction of sp³-hybridized carbons (Fsp3) is 0.158. The summed E-state index contributed by atoms with van der Waals surface area (Å²) in [6.07, 6.45) is 0. The van der Waals surface area contributed by atoms with E-state index in [0.717, 1.165) is 12.1 Å². The lowest BCUT2D eigenvalue weighted by Crippen LogP contribution is -2.49. The third kappa shape index (κ3) is 7.18. The van der Waals surface area contributed by atoms with Crippen LogP contribution in [-0.4, -0.2) is 36.1 Å². The summed E-state index contributed by atoms with van der Waals surface area (Å²) in [6.45, 7) is 1.65. The Kier molecular flexibility index (Phi) is 8.04. The second-order valence-corrected chi connectivity index (χ2v) is 5.91. The van der Waals surface area contributed by atoms with E-state index in [-0.39, 0.29) is 23.9 Å². The van der Waals surface area contributed by atoms with Crippen molar-refractivity contribution < 1.29 is 28.2 Å². The second-order valence-electron chi connectivity index (χ2n) is 5.50. The summed E-state index contributed by atoms with van der Waals surface area (Å²) < 4.78 is 23.0. The first kappa shape index (κ1) is 21.8. The minimum atomic E-state index is -0.560. The van der Waals surface area contributed by atoms with Crippen LogP contribution in [0.3, 0.4) is 0 Å². The molecule has 10 heteroatoms. The molecule has 0 spiro atoms. The Hall–Kier alpha value is -3.53. The van der Waals surface area contributed by atoms with Crippen LogP contribution < -0.4 is 20.9 Å². The maximum absolute atomic E-state index is 12.9. The molecule has 0 aliphatic heterocycles. The van der Waals surface area contributed by atoms with E-state index in [4.69, 9.17) is 21.7 Å². The third-order valence-electron chi connectivity index (χ3n) is 3.38. The van der Waals surface area contributed by atoms with Gasteiger partial charge in [-0.15, -0.1) is 0 Å². The lowest BCUT2D eigenvalue weighted by atomic mass is 10.2. The van der Waals surface area contributed by atoms with Crippen LogP contribution in [0.5, 0.6) is 5.75 Å². The molecule has 0 aliphatic carbocycles. The number of nitrogens with one attached hydrogen (secondary N) is 3. The molecule has 2 amide bonds. The number of thiocarbonyl (C=S) groups is 1. The predicted molar refractivity (Wildman–Crippen MR) is 106 cm³/mol. The van der Waals surface area contributed by atoms with Gasteiger partial charge in [0.1, 0.15) is 11.6 Å². The lowest BCUT2D eigenvalue weighted by molar-refractivity contribution is -0.123. The number of hydrogen-bond acceptors (Lipinski definition) is 6. The molecule has 0 radical (unpaired) electrons. The number of carbonyl (C=O) groups excluding carboxylic acids is 3. The largest absolute Gasteiger partial charge is 0.484 e. The van der Waals surface area contributed by atoms with E-state index in [1.54, 1.807) is 6.92 Å². The van der Waals surface area contributed by atoms with Gasteiger partial charge in [-0.2, -0.15) is 0 Å². The molecule has 2 aromatic carbocycles. The lowest BCUT2D eigenvalue weighted by Gasteiger charge is -2.11. The number of halogens is 1. The molecule has 152 valence electrons. The first-order chi connectivity index (χ1) is 13.9. The number of benzene rings is 2. The van der Waals surface area contributed by atoms with Gasteiger partial charge in [-0.05, 0) is 67.7 Å². The molecule has 0 saturated heterocycles. The number of esters is 1. The number of ether oxygens (including phenoxy) is 2. The molecule has 0 unspecified atom stereocenters. The van der Waals surface area contributed by atoms with Crippen LogP contribution in [0.25, 0.3) is 0 Å². The molecule has 29 heavy (non-hydrogen) atoms. The van der Waals surface area contributed by atoms with E-state index in [1.165, 1.54) is 36.4 Å². The average molecular weight is 419 g/mol. The van der Waals surface area contributed by atoms with Crippen LogP contribution in [0.1, 0.15) is 27.6 Å². The zero-order valence-corrected chi connectivity index (χ0v) is 16.2. The van der Waals surface area contributed by atoms with Gasteiger partial charge >= 0.3 is 5.97 Å². The van der Waals surface area contributed by atoms with Gasteiger partial charge in [0.05, 0.1) is 12.2 Å². The van der Waals surface area contributed by atoms with E-state index in [2.05, 4.69) is 16.2 Å². The molecular weight excluding hydrogens is 401 g/mol. The third-order valence-corrected chi connectivity index (χ3v) is 3.59. The van der Waals surface area contributed by atoms with Crippen molar-refractivity contribution in [1.82, 2.24) is 16.2 Å². The van der Waals surface area contributed by atoms with Crippen molar-refractivity contribution in [3.8, 4) is 5.75 Å². The summed E-state index contributed by atoms with van der Waals surface area (Å²) in [5.41, 5.74) is 5.19. The molecule has 2 aromatic rings. The topological polar surface area (TPSA) is 106 Å². The number of amides is 2. The maximum atomic E-state index is 12.9. The molecule has 3 N–H and O–H groups in total. The Morgan fingerprint density at radius 2 is 1.59 bits per heavy atom. The maximum Gasteiger partial charge on any atom is 0.338 e. The van der Waals surface area contributed by atoms with Gasteiger partial charge in [-0.1, -0.05) is 0 Å². The monoisotopic (exact) mass is 419 g/mol. The van der Waals surface area contributed by atoms with Crippen LogP contribution in [0.15, 0.2) is 48.5 Å². The minimum absolute atomic E-state index is 0.147. The van der Waals surface area contributed by atoms with E-state index in [0.29, 0.717) is 11.3 Å². The van der Waals surface area contributed by atoms with Crippen molar-refractivity contribution in [2.24, 2.45) is 0 Å². The van der Waals surface area contributed by atoms with Crippen LogP contribution in [-0.2, 0) is 9.53 Å². The molecule has 8 nitrogen and oxygen atoms in total. The number of hydrogen-bond donors (Lipinski definition) is 3. The molecule has 0 saturated carbocycles. The van der Waals surface area contributed by atoms with E-state index < -0.39 is 23.6 Å². The van der Waals surface area contributed by atoms with Crippen LogP contribution >= 0.6 is 12.2 Å². The normalized spacial score (nSPS) is 9.86. The van der Waals surface area contributed by atoms with Crippen molar-refractivity contribution in [1.29, 1.82) is 0 Å². The SMILES string of the molecule is CCOC(=O)c1ccc(OCC(=O)NNC(=S)NC(=O)c2ccc(F)cc2)cc1. The summed E-state index contributed by atoms with van der Waals surface area (Å²) >= 11 is 4.90. The van der Waals surface area contributed by atoms with Gasteiger partial charge in [0, 0.05) is 5.56 Å². The van der Waals surface area contributed by atoms with Crippen LogP contribution in [0.2, 0.25) is 0 Å². The second kappa shape index (κ2) is 10.7. The van der Waals surface area contributed by atoms with E-state index in [1.807, 2.05) is 0 Å². The Morgan fingerprint density at radius 3 is 2.21 bits per heavy atom. The van der Waals surface area contributed by atoms with Gasteiger partial charge in [0.25, 0.3) is 11.8 Å². The van der Waals surface area contributed by atoms with Gasteiger partial charge in [-0.25, -0.2) is 9.18 Å². The summed E-state index contributed by atoms with van der Waals surface area (Å²) in [5, 5.41) is 2.18. The Morgan fingerprint density at radius 1 is 0.966 bits per heavy atom. The molecule has 0 fully saturated rings. The molecule has 0 bridgehead atoms. The predicted octanol–water partition coefficient (Wildman–Crippen LogP) is 1.72. The first-order valence-corrected chi connectivity index (χ1v) is 8.85. The Balaban J connectivity index is 1.72. The fourth-order valence-electron chi connectivity index (χ4n) is 2.02. The summed E-state index contributed by atoms with van der Waals surface area (Å²) in [5.74, 6) is -1.66. The number of hydrazine groups is 1. The molecule has 0 atom stereocenters. The van der Waals surface area contributed by atoms with Crippen LogP contribution in [0.4, 0.5) is 4.39 Å². The fourth-order valence-corrected chi connectivity index (χ4v) is 2.16. The Labute approximate surface area is 171 Å². The van der Waals surface area contributed by atoms with Crippen molar-refractivity contribution in [3.63, 3.8) is 0 Å². The van der Waals surface area contributed by atoms with E-state index in [9.17, 15) is 18.8 Å². The van der Waals surface area contributed by atoms with Gasteiger partial charge in [0.2, 0.25) is 0 Å². The molecular formula is C19H18FN3O5S. The number of carbonyl (C=O) groups is 3. The highest BCUT2D eigenvalue weighted by atomic mass is 32.1. The van der Waals surface area contributed by atoms with Crippen molar-refractivity contribution in [3.05, 3.63) is 65.5 Å². The quantitative estimate of drug-likeness (QED) is 0.372. The van der Waals surface area contributed by atoms with Crippen molar-refractivity contribution in [2.75, 3.05) is 13.2 Å². The molecule has 0 aromatic heterocycles. The van der Waals surface area contributed by atoms with Crippen molar-refractivity contribution in [2.45, 2.75) is 6.92 Å². The summed E-state index contributed by atoms with van der Waals surface area (Å²) in [7, 11) is 0.